The molecule has 1 atom stereocenters. The van der Waals surface area contributed by atoms with Crippen molar-refractivity contribution in [2.75, 3.05) is 39.4 Å². The monoisotopic (exact) mass is 399 g/mol. The first kappa shape index (κ1) is 19.2. The van der Waals surface area contributed by atoms with E-state index in [0.717, 1.165) is 13.1 Å². The SMILES string of the molecule is CC(=O)C1=C(O)C(=O)N(CC[NH+]2CCOCC2)[C@@H]1c1ccc(Cl)cc1Cl. The first-order valence-corrected chi connectivity index (χ1v) is 9.27. The van der Waals surface area contributed by atoms with E-state index in [1.807, 2.05) is 0 Å². The predicted octanol–water partition coefficient (Wildman–Crippen LogP) is 1.19. The van der Waals surface area contributed by atoms with E-state index in [2.05, 4.69) is 0 Å². The quantitative estimate of drug-likeness (QED) is 0.779. The highest BCUT2D eigenvalue weighted by molar-refractivity contribution is 6.35. The molecule has 0 bridgehead atoms. The fourth-order valence-electron chi connectivity index (χ4n) is 3.48. The minimum absolute atomic E-state index is 0.0798. The molecule has 3 rings (SSSR count). The van der Waals surface area contributed by atoms with Gasteiger partial charge in [0, 0.05) is 10.0 Å². The number of nitrogens with zero attached hydrogens (tertiary/aromatic N) is 1. The van der Waals surface area contributed by atoms with Crippen molar-refractivity contribution in [3.63, 3.8) is 0 Å². The molecule has 1 aromatic carbocycles. The average molecular weight is 400 g/mol. The van der Waals surface area contributed by atoms with E-state index in [1.165, 1.54) is 16.7 Å². The summed E-state index contributed by atoms with van der Waals surface area (Å²) < 4.78 is 5.35. The predicted molar refractivity (Wildman–Crippen MR) is 97.6 cm³/mol. The van der Waals surface area contributed by atoms with Crippen LogP contribution < -0.4 is 4.90 Å². The zero-order chi connectivity index (χ0) is 18.8. The summed E-state index contributed by atoms with van der Waals surface area (Å²) in [4.78, 5) is 27.6. The van der Waals surface area contributed by atoms with E-state index >= 15 is 0 Å². The molecule has 0 spiro atoms. The Kier molecular flexibility index (Phi) is 5.87. The molecule has 1 amide bonds. The Morgan fingerprint density at radius 1 is 1.35 bits per heavy atom. The van der Waals surface area contributed by atoms with Crippen LogP contribution in [0.3, 0.4) is 0 Å². The number of aliphatic hydroxyl groups is 1. The molecule has 0 saturated carbocycles. The van der Waals surface area contributed by atoms with Gasteiger partial charge < -0.3 is 19.6 Å². The van der Waals surface area contributed by atoms with Gasteiger partial charge in [-0.25, -0.2) is 0 Å². The lowest BCUT2D eigenvalue weighted by Crippen LogP contribution is -3.14. The van der Waals surface area contributed by atoms with Gasteiger partial charge in [-0.3, -0.25) is 9.59 Å². The number of nitrogens with one attached hydrogen (secondary N) is 1. The molecule has 2 heterocycles. The number of benzene rings is 1. The van der Waals surface area contributed by atoms with Gasteiger partial charge in [-0.2, -0.15) is 0 Å². The molecular weight excluding hydrogens is 379 g/mol. The second-order valence-corrected chi connectivity index (χ2v) is 7.34. The van der Waals surface area contributed by atoms with E-state index in [-0.39, 0.29) is 11.4 Å². The van der Waals surface area contributed by atoms with Gasteiger partial charge in [0.15, 0.2) is 11.5 Å². The van der Waals surface area contributed by atoms with Crippen molar-refractivity contribution in [1.29, 1.82) is 0 Å². The van der Waals surface area contributed by atoms with Crippen LogP contribution in [0.5, 0.6) is 0 Å². The van der Waals surface area contributed by atoms with Crippen molar-refractivity contribution >= 4 is 34.9 Å². The fraction of sp³-hybridized carbons (Fsp3) is 0.444. The molecule has 2 N–H and O–H groups in total. The molecule has 26 heavy (non-hydrogen) atoms. The summed E-state index contributed by atoms with van der Waals surface area (Å²) in [5.74, 6) is -1.39. The zero-order valence-electron chi connectivity index (χ0n) is 14.4. The van der Waals surface area contributed by atoms with Crippen LogP contribution in [0, 0.1) is 0 Å². The van der Waals surface area contributed by atoms with Gasteiger partial charge in [0.2, 0.25) is 0 Å². The second-order valence-electron chi connectivity index (χ2n) is 6.50. The summed E-state index contributed by atoms with van der Waals surface area (Å²) in [5, 5.41) is 11.1. The van der Waals surface area contributed by atoms with Crippen LogP contribution >= 0.6 is 23.2 Å². The molecule has 6 nitrogen and oxygen atoms in total. The maximum atomic E-state index is 12.6. The number of carbonyl (C=O) groups excluding carboxylic acids is 2. The van der Waals surface area contributed by atoms with E-state index in [4.69, 9.17) is 27.9 Å². The van der Waals surface area contributed by atoms with E-state index in [0.29, 0.717) is 41.9 Å². The smallest absolute Gasteiger partial charge is 0.290 e. The molecule has 140 valence electrons. The van der Waals surface area contributed by atoms with Crippen LogP contribution in [0.4, 0.5) is 0 Å². The summed E-state index contributed by atoms with van der Waals surface area (Å²) in [6, 6.07) is 4.22. The standard InChI is InChI=1S/C18H20Cl2N2O4/c1-11(23)15-16(13-3-2-12(19)10-14(13)20)22(18(25)17(15)24)5-4-21-6-8-26-9-7-21/h2-3,10,16,24H,4-9H2,1H3/p+1/t16-/m1/s1. The Hall–Kier alpha value is -1.60. The average Bonchev–Trinajstić information content (AvgIpc) is 2.85. The summed E-state index contributed by atoms with van der Waals surface area (Å²) in [6.45, 7) is 5.57. The molecule has 0 unspecified atom stereocenters. The summed E-state index contributed by atoms with van der Waals surface area (Å²) in [6.07, 6.45) is 0. The minimum atomic E-state index is -0.704. The Balaban J connectivity index is 1.91. The molecule has 2 aliphatic heterocycles. The molecule has 2 aliphatic rings. The highest BCUT2D eigenvalue weighted by Gasteiger charge is 2.43. The Morgan fingerprint density at radius 3 is 2.65 bits per heavy atom. The van der Waals surface area contributed by atoms with E-state index in [9.17, 15) is 14.7 Å². The van der Waals surface area contributed by atoms with Crippen LogP contribution in [-0.2, 0) is 14.3 Å². The first-order valence-electron chi connectivity index (χ1n) is 8.51. The van der Waals surface area contributed by atoms with Crippen molar-refractivity contribution in [3.8, 4) is 0 Å². The first-order chi connectivity index (χ1) is 12.4. The van der Waals surface area contributed by atoms with Crippen LogP contribution in [0.25, 0.3) is 0 Å². The summed E-state index contributed by atoms with van der Waals surface area (Å²) >= 11 is 12.3. The largest absolute Gasteiger partial charge is 0.503 e. The number of hydrogen-bond donors (Lipinski definition) is 2. The Bertz CT molecular complexity index is 760. The molecular formula is C18H21Cl2N2O4+. The number of halogens is 2. The third kappa shape index (κ3) is 3.74. The van der Waals surface area contributed by atoms with Crippen LogP contribution in [0.15, 0.2) is 29.5 Å². The highest BCUT2D eigenvalue weighted by Crippen LogP contribution is 2.40. The summed E-state index contributed by atoms with van der Waals surface area (Å²) in [5.41, 5.74) is 0.659. The van der Waals surface area contributed by atoms with Gasteiger partial charge in [0.25, 0.3) is 5.91 Å². The minimum Gasteiger partial charge on any atom is -0.503 e. The normalized spacial score (nSPS) is 21.6. The van der Waals surface area contributed by atoms with Gasteiger partial charge in [-0.1, -0.05) is 29.3 Å². The topological polar surface area (TPSA) is 71.3 Å². The number of carbonyl (C=O) groups is 2. The van der Waals surface area contributed by atoms with Crippen LogP contribution in [0.2, 0.25) is 10.0 Å². The number of amides is 1. The van der Waals surface area contributed by atoms with Crippen molar-refractivity contribution in [1.82, 2.24) is 4.90 Å². The number of aliphatic hydroxyl groups excluding tert-OH is 1. The number of rotatable bonds is 5. The molecule has 0 aliphatic carbocycles. The van der Waals surface area contributed by atoms with Gasteiger partial charge >= 0.3 is 0 Å². The van der Waals surface area contributed by atoms with Crippen LogP contribution in [0.1, 0.15) is 18.5 Å². The van der Waals surface area contributed by atoms with Crippen molar-refractivity contribution < 1.29 is 24.3 Å². The number of Topliss-reactive ketones (excluding diaryl/α,β-unsaturated/α-hetero) is 1. The van der Waals surface area contributed by atoms with E-state index in [1.54, 1.807) is 18.2 Å². The molecule has 1 fully saturated rings. The second kappa shape index (κ2) is 7.96. The van der Waals surface area contributed by atoms with Gasteiger partial charge in [-0.05, 0) is 24.6 Å². The number of ketones is 1. The maximum Gasteiger partial charge on any atom is 0.290 e. The molecule has 0 aromatic heterocycles. The van der Waals surface area contributed by atoms with Gasteiger partial charge in [0.1, 0.15) is 13.1 Å². The number of quaternary nitrogens is 1. The van der Waals surface area contributed by atoms with E-state index < -0.39 is 17.7 Å². The van der Waals surface area contributed by atoms with Gasteiger partial charge in [-0.15, -0.1) is 0 Å². The third-order valence-corrected chi connectivity index (χ3v) is 5.41. The zero-order valence-corrected chi connectivity index (χ0v) is 15.9. The van der Waals surface area contributed by atoms with Crippen LogP contribution in [-0.4, -0.2) is 61.1 Å². The van der Waals surface area contributed by atoms with Gasteiger partial charge in [0.05, 0.1) is 37.9 Å². The maximum absolute atomic E-state index is 12.6. The molecule has 1 aromatic rings. The fourth-order valence-corrected chi connectivity index (χ4v) is 3.99. The molecule has 0 radical (unpaired) electrons. The lowest BCUT2D eigenvalue weighted by atomic mass is 9.96. The lowest BCUT2D eigenvalue weighted by molar-refractivity contribution is -0.907. The van der Waals surface area contributed by atoms with Crippen molar-refractivity contribution in [2.24, 2.45) is 0 Å². The number of morpholine rings is 1. The number of ether oxygens (including phenoxy) is 1. The molecule has 8 heteroatoms. The van der Waals surface area contributed by atoms with Crippen molar-refractivity contribution in [3.05, 3.63) is 45.1 Å². The lowest BCUT2D eigenvalue weighted by Gasteiger charge is -2.30. The van der Waals surface area contributed by atoms with Crippen molar-refractivity contribution in [2.45, 2.75) is 13.0 Å². The number of hydrogen-bond acceptors (Lipinski definition) is 4. The highest BCUT2D eigenvalue weighted by atomic mass is 35.5. The Labute approximate surface area is 161 Å². The Morgan fingerprint density at radius 2 is 2.04 bits per heavy atom. The third-order valence-electron chi connectivity index (χ3n) is 4.85. The summed E-state index contributed by atoms with van der Waals surface area (Å²) in [7, 11) is 0. The molecule has 1 saturated heterocycles.